The fourth-order valence-corrected chi connectivity index (χ4v) is 12.3. The van der Waals surface area contributed by atoms with Crippen LogP contribution in [0.25, 0.3) is 0 Å². The lowest BCUT2D eigenvalue weighted by Gasteiger charge is -2.23. The second-order valence-electron chi connectivity index (χ2n) is 24.0. The maximum Gasteiger partial charge on any atom is 0.185 e. The minimum atomic E-state index is -2.20. The zero-order valence-electron chi connectivity index (χ0n) is 52.6. The summed E-state index contributed by atoms with van der Waals surface area (Å²) in [6.07, 6.45) is 75.3. The van der Waals surface area contributed by atoms with E-state index < -0.39 is 11.1 Å². The molecule has 0 saturated carbocycles. The molecule has 2 rings (SSSR count). The smallest absolute Gasteiger partial charge is 0.185 e. The average Bonchev–Trinajstić information content (AvgIpc) is 3.46. The molecule has 77 heavy (non-hydrogen) atoms. The molecule has 1 atom stereocenters. The maximum absolute atomic E-state index is 10.3. The first-order valence-corrected chi connectivity index (χ1v) is 35.7. The molecule has 0 N–H and O–H groups in total. The lowest BCUT2D eigenvalue weighted by Crippen LogP contribution is -2.46. The molecule has 0 radical (unpaired) electrons. The molecule has 0 fully saturated rings. The van der Waals surface area contributed by atoms with Crippen LogP contribution in [0.1, 0.15) is 383 Å². The Morgan fingerprint density at radius 3 is 0.831 bits per heavy atom. The fourth-order valence-electron chi connectivity index (χ4n) is 12.0. The Morgan fingerprint density at radius 1 is 0.338 bits per heavy atom. The molecule has 0 aliphatic carbocycles. The van der Waals surface area contributed by atoms with E-state index in [9.17, 15) is 8.76 Å². The predicted octanol–water partition coefficient (Wildman–Crippen LogP) is 23.3. The monoisotopic (exact) mass is 1090 g/mol. The van der Waals surface area contributed by atoms with Crippen molar-refractivity contribution in [1.29, 1.82) is 5.26 Å². The van der Waals surface area contributed by atoms with Gasteiger partial charge in [-0.15, -0.1) is 0 Å². The molecule has 1 aromatic carbocycles. The van der Waals surface area contributed by atoms with Gasteiger partial charge in [0.2, 0.25) is 0 Å². The van der Waals surface area contributed by atoms with Gasteiger partial charge in [-0.25, -0.2) is 0 Å². The Hall–Kier alpha value is -2.03. The summed E-state index contributed by atoms with van der Waals surface area (Å²) in [5.74, 6) is 0. The Bertz CT molecular complexity index is 1400. The molecule has 4 nitrogen and oxygen atoms in total. The minimum absolute atomic E-state index is 0.198. The number of hydrogen-bond acceptors (Lipinski definition) is 3. The van der Waals surface area contributed by atoms with E-state index in [2.05, 4.69) is 46.1 Å². The van der Waals surface area contributed by atoms with Crippen LogP contribution in [0.15, 0.2) is 29.2 Å². The van der Waals surface area contributed by atoms with E-state index >= 15 is 0 Å². The van der Waals surface area contributed by atoms with Gasteiger partial charge in [-0.2, -0.15) is 9.83 Å². The highest BCUT2D eigenvalue weighted by Gasteiger charge is 2.29. The summed E-state index contributed by atoms with van der Waals surface area (Å²) in [5, 5.41) is 8.36. The van der Waals surface area contributed by atoms with Crippen molar-refractivity contribution in [2.24, 2.45) is 0 Å². The average molecular weight is 1090 g/mol. The maximum atomic E-state index is 10.3. The number of rotatable bonds is 55. The van der Waals surface area contributed by atoms with Crippen molar-refractivity contribution < 1.29 is 13.3 Å². The Balaban J connectivity index is 0.00000237. The summed E-state index contributed by atoms with van der Waals surface area (Å²) in [6, 6.07) is 7.60. The number of nitriles is 1. The molecule has 0 bridgehead atoms. The Kier molecular flexibility index (Phi) is 52.9. The number of pyridine rings is 1. The molecule has 1 aromatic heterocycles. The van der Waals surface area contributed by atoms with Gasteiger partial charge in [0.1, 0.15) is 6.54 Å². The standard InChI is InChI=1S/C65H126N.C7H5NO2S/c1-7-13-19-25-31-37-43-49-55-61-62(56-50-44-38-32-26-20-14-8-2)64(58-52-46-40-34-28-22-16-10-4)66(60-54-48-42-36-30-24-18-12-6)65(59-53-47-41-35-29-23-17-11-5)63(61)57-51-45-39-33-27-21-15-9-3;8-5-6-1-3-7(4-2-6)11(9)10/h7-60H2,1-6H3;1-4H,(H,9,10)/q+1;/p-1. The lowest BCUT2D eigenvalue weighted by atomic mass is 9.85. The first-order chi connectivity index (χ1) is 37.9. The van der Waals surface area contributed by atoms with E-state index in [0.717, 1.165) is 0 Å². The number of benzene rings is 1. The van der Waals surface area contributed by atoms with Gasteiger partial charge in [0.25, 0.3) is 0 Å². The van der Waals surface area contributed by atoms with Gasteiger partial charge in [-0.1, -0.05) is 305 Å². The van der Waals surface area contributed by atoms with Crippen LogP contribution < -0.4 is 4.57 Å². The summed E-state index contributed by atoms with van der Waals surface area (Å²) in [5.41, 5.74) is 9.90. The highest BCUT2D eigenvalue weighted by Crippen LogP contribution is 2.30. The molecule has 2 aromatic rings. The quantitative estimate of drug-likeness (QED) is 0.0377. The third-order valence-corrected chi connectivity index (χ3v) is 17.5. The first kappa shape index (κ1) is 73.0. The number of aromatic nitrogens is 1. The molecule has 0 aliphatic heterocycles. The third kappa shape index (κ3) is 39.9. The summed E-state index contributed by atoms with van der Waals surface area (Å²) >= 11 is -2.20. The van der Waals surface area contributed by atoms with E-state index in [1.54, 1.807) is 0 Å². The molecule has 1 heterocycles. The topological polar surface area (TPSA) is 67.8 Å². The number of hydrogen-bond donors (Lipinski definition) is 0. The molecule has 1 unspecified atom stereocenters. The van der Waals surface area contributed by atoms with Crippen LogP contribution in [0.5, 0.6) is 0 Å². The zero-order valence-corrected chi connectivity index (χ0v) is 53.4. The van der Waals surface area contributed by atoms with Crippen LogP contribution in [0.3, 0.4) is 0 Å². The van der Waals surface area contributed by atoms with Crippen LogP contribution in [-0.4, -0.2) is 8.76 Å². The largest absolute Gasteiger partial charge is 0.768 e. The molecule has 5 heteroatoms. The van der Waals surface area contributed by atoms with Crippen molar-refractivity contribution in [2.45, 2.75) is 393 Å². The molecule has 0 spiro atoms. The highest BCUT2D eigenvalue weighted by molar-refractivity contribution is 7.79. The van der Waals surface area contributed by atoms with Crippen LogP contribution in [-0.2, 0) is 49.7 Å². The van der Waals surface area contributed by atoms with Crippen molar-refractivity contribution in [2.75, 3.05) is 0 Å². The predicted molar refractivity (Wildman–Crippen MR) is 339 cm³/mol. The van der Waals surface area contributed by atoms with Crippen LogP contribution >= 0.6 is 0 Å². The number of nitrogens with zero attached hydrogens (tertiary/aromatic N) is 2. The first-order valence-electron chi connectivity index (χ1n) is 34.6. The van der Waals surface area contributed by atoms with Crippen molar-refractivity contribution in [1.82, 2.24) is 0 Å². The van der Waals surface area contributed by atoms with Crippen molar-refractivity contribution in [3.8, 4) is 6.07 Å². The van der Waals surface area contributed by atoms with Crippen LogP contribution in [0.4, 0.5) is 0 Å². The highest BCUT2D eigenvalue weighted by atomic mass is 32.2. The van der Waals surface area contributed by atoms with E-state index in [0.29, 0.717) is 5.56 Å². The second kappa shape index (κ2) is 55.9. The molecule has 0 aliphatic rings. The van der Waals surface area contributed by atoms with Crippen molar-refractivity contribution in [3.63, 3.8) is 0 Å². The van der Waals surface area contributed by atoms with Crippen molar-refractivity contribution >= 4 is 11.1 Å². The molecule has 0 saturated heterocycles. The van der Waals surface area contributed by atoms with Gasteiger partial charge in [-0.05, 0) is 98.7 Å². The third-order valence-electron chi connectivity index (χ3n) is 16.9. The number of unbranched alkanes of at least 4 members (excludes halogenated alkanes) is 42. The van der Waals surface area contributed by atoms with Gasteiger partial charge in [0.15, 0.2) is 11.4 Å². The van der Waals surface area contributed by atoms with E-state index in [4.69, 9.17) is 5.26 Å². The summed E-state index contributed by atoms with van der Waals surface area (Å²) < 4.78 is 23.8. The van der Waals surface area contributed by atoms with Gasteiger partial charge >= 0.3 is 0 Å². The van der Waals surface area contributed by atoms with Crippen LogP contribution in [0, 0.1) is 11.3 Å². The second-order valence-corrected chi connectivity index (χ2v) is 24.9. The Morgan fingerprint density at radius 2 is 0.571 bits per heavy atom. The van der Waals surface area contributed by atoms with Gasteiger partial charge < -0.3 is 4.55 Å². The van der Waals surface area contributed by atoms with Gasteiger partial charge in [0.05, 0.1) is 11.6 Å². The van der Waals surface area contributed by atoms with E-state index in [1.165, 1.54) is 371 Å². The SMILES string of the molecule is CCCCCCCCCCc1c(CCCCCCCCCC)c(CCCCCCCCCC)[n+](CCCCCCCCCC)c(CCCCCCCCCC)c1CCCCCCCCCC.N#Cc1ccc(S(=O)[O-])cc1. The summed E-state index contributed by atoms with van der Waals surface area (Å²) in [6.45, 7) is 15.5. The van der Waals surface area contributed by atoms with Crippen molar-refractivity contribution in [3.05, 3.63) is 57.9 Å². The molecule has 446 valence electrons. The van der Waals surface area contributed by atoms with E-state index in [1.807, 2.05) is 34.1 Å². The minimum Gasteiger partial charge on any atom is -0.768 e. The summed E-state index contributed by atoms with van der Waals surface area (Å²) in [7, 11) is 0. The lowest BCUT2D eigenvalue weighted by molar-refractivity contribution is -0.712. The molecular weight excluding hydrogens is 957 g/mol. The zero-order chi connectivity index (χ0) is 55.9. The molecular formula is C72H130N2O2S. The fraction of sp³-hybridized carbons (Fsp3) is 0.833. The summed E-state index contributed by atoms with van der Waals surface area (Å²) in [4.78, 5) is 0.198. The van der Waals surface area contributed by atoms with E-state index in [-0.39, 0.29) is 4.90 Å². The molecule has 0 amide bonds. The normalized spacial score (nSPS) is 11.8. The van der Waals surface area contributed by atoms with Crippen LogP contribution in [0.2, 0.25) is 0 Å². The van der Waals surface area contributed by atoms with Gasteiger partial charge in [-0.3, -0.25) is 4.21 Å². The Labute approximate surface area is 484 Å². The van der Waals surface area contributed by atoms with Gasteiger partial charge in [0, 0.05) is 35.3 Å².